The molecular weight excluding hydrogens is 222 g/mol. The number of benzene rings is 1. The summed E-state index contributed by atoms with van der Waals surface area (Å²) in [5, 5.41) is 12.6. The molecule has 0 amide bonds. The van der Waals surface area contributed by atoms with E-state index in [1.165, 1.54) is 42.6 Å². The summed E-state index contributed by atoms with van der Waals surface area (Å²) in [5.74, 6) is 3.00. The van der Waals surface area contributed by atoms with Gasteiger partial charge in [0, 0.05) is 24.0 Å². The predicted octanol–water partition coefficient (Wildman–Crippen LogP) is 3.73. The standard InChI is InChI=1S/C16H19NO/c18-17(15-4-2-1-3-5-15)16-13-7-11-6-12(9-13)10-14(16)8-11/h1-5,11-14H,6-10H2. The third kappa shape index (κ3) is 1.51. The zero-order chi connectivity index (χ0) is 12.1. The Morgan fingerprint density at radius 2 is 1.39 bits per heavy atom. The van der Waals surface area contributed by atoms with E-state index in [4.69, 9.17) is 0 Å². The molecule has 4 bridgehead atoms. The van der Waals surface area contributed by atoms with E-state index < -0.39 is 0 Å². The summed E-state index contributed by atoms with van der Waals surface area (Å²) >= 11 is 0. The molecule has 0 radical (unpaired) electrons. The maximum absolute atomic E-state index is 12.6. The van der Waals surface area contributed by atoms with E-state index in [2.05, 4.69) is 0 Å². The molecule has 5 rings (SSSR count). The van der Waals surface area contributed by atoms with E-state index >= 15 is 0 Å². The summed E-state index contributed by atoms with van der Waals surface area (Å²) in [5.41, 5.74) is 2.02. The van der Waals surface area contributed by atoms with Gasteiger partial charge in [-0.15, -0.1) is 0 Å². The molecule has 18 heavy (non-hydrogen) atoms. The van der Waals surface area contributed by atoms with Crippen molar-refractivity contribution in [2.45, 2.75) is 32.1 Å². The molecule has 0 saturated heterocycles. The van der Waals surface area contributed by atoms with E-state index in [-0.39, 0.29) is 0 Å². The molecule has 4 aliphatic rings. The number of hydrogen-bond acceptors (Lipinski definition) is 1. The second-order valence-corrected chi connectivity index (χ2v) is 6.36. The van der Waals surface area contributed by atoms with E-state index in [0.717, 1.165) is 17.5 Å². The summed E-state index contributed by atoms with van der Waals surface area (Å²) in [4.78, 5) is 0. The van der Waals surface area contributed by atoms with Gasteiger partial charge in [0.25, 0.3) is 0 Å². The summed E-state index contributed by atoms with van der Waals surface area (Å²) in [6.45, 7) is 0. The molecule has 0 unspecified atom stereocenters. The van der Waals surface area contributed by atoms with Crippen molar-refractivity contribution in [2.75, 3.05) is 0 Å². The smallest absolute Gasteiger partial charge is 0.216 e. The summed E-state index contributed by atoms with van der Waals surface area (Å²) in [6.07, 6.45) is 6.52. The van der Waals surface area contributed by atoms with E-state index in [1.54, 1.807) is 0 Å². The van der Waals surface area contributed by atoms with Gasteiger partial charge in [0.1, 0.15) is 0 Å². The van der Waals surface area contributed by atoms with Crippen molar-refractivity contribution in [2.24, 2.45) is 23.7 Å². The number of hydrogen-bond donors (Lipinski definition) is 0. The average molecular weight is 241 g/mol. The Morgan fingerprint density at radius 1 is 0.833 bits per heavy atom. The van der Waals surface area contributed by atoms with Crippen LogP contribution in [-0.2, 0) is 0 Å². The van der Waals surface area contributed by atoms with Gasteiger partial charge in [-0.1, -0.05) is 18.2 Å². The second-order valence-electron chi connectivity index (χ2n) is 6.36. The van der Waals surface area contributed by atoms with Crippen molar-refractivity contribution in [3.8, 4) is 0 Å². The molecule has 4 fully saturated rings. The van der Waals surface area contributed by atoms with Crippen LogP contribution in [0.25, 0.3) is 0 Å². The van der Waals surface area contributed by atoms with Gasteiger partial charge in [0.05, 0.1) is 0 Å². The van der Waals surface area contributed by atoms with Crippen molar-refractivity contribution in [3.05, 3.63) is 35.5 Å². The van der Waals surface area contributed by atoms with Gasteiger partial charge in [0.2, 0.25) is 5.69 Å². The van der Waals surface area contributed by atoms with Crippen LogP contribution in [0.1, 0.15) is 32.1 Å². The molecular formula is C16H19NO. The lowest BCUT2D eigenvalue weighted by atomic mass is 9.55. The number of nitrogens with zero attached hydrogens (tertiary/aromatic N) is 1. The molecule has 0 spiro atoms. The van der Waals surface area contributed by atoms with Gasteiger partial charge < -0.3 is 5.21 Å². The quantitative estimate of drug-likeness (QED) is 0.418. The molecule has 0 atom stereocenters. The van der Waals surface area contributed by atoms with Gasteiger partial charge >= 0.3 is 0 Å². The van der Waals surface area contributed by atoms with Crippen LogP contribution >= 0.6 is 0 Å². The minimum Gasteiger partial charge on any atom is -0.618 e. The number of para-hydroxylation sites is 1. The van der Waals surface area contributed by atoms with E-state index in [9.17, 15) is 5.21 Å². The minimum atomic E-state index is 0.582. The SMILES string of the molecule is [O-][N+](=C1C2CC3CC(C2)CC1C3)c1ccccc1. The van der Waals surface area contributed by atoms with Crippen molar-refractivity contribution in [1.29, 1.82) is 0 Å². The zero-order valence-electron chi connectivity index (χ0n) is 10.6. The maximum atomic E-state index is 12.6. The zero-order valence-corrected chi connectivity index (χ0v) is 10.6. The Kier molecular flexibility index (Phi) is 2.26. The summed E-state index contributed by atoms with van der Waals surface area (Å²) in [6, 6.07) is 9.75. The Morgan fingerprint density at radius 3 is 1.94 bits per heavy atom. The summed E-state index contributed by atoms with van der Waals surface area (Å²) in [7, 11) is 0. The van der Waals surface area contributed by atoms with Crippen molar-refractivity contribution in [3.63, 3.8) is 0 Å². The first-order valence-electron chi connectivity index (χ1n) is 7.20. The molecule has 94 valence electrons. The van der Waals surface area contributed by atoms with Crippen LogP contribution in [0.2, 0.25) is 0 Å². The highest BCUT2D eigenvalue weighted by molar-refractivity contribution is 5.87. The fraction of sp³-hybridized carbons (Fsp3) is 0.562. The monoisotopic (exact) mass is 241 g/mol. The van der Waals surface area contributed by atoms with Gasteiger partial charge in [-0.2, -0.15) is 4.74 Å². The largest absolute Gasteiger partial charge is 0.618 e. The number of rotatable bonds is 1. The first-order valence-corrected chi connectivity index (χ1v) is 7.20. The van der Waals surface area contributed by atoms with Crippen LogP contribution in [0, 0.1) is 28.9 Å². The van der Waals surface area contributed by atoms with Crippen molar-refractivity contribution >= 4 is 11.4 Å². The fourth-order valence-corrected chi connectivity index (χ4v) is 4.71. The fourth-order valence-electron chi connectivity index (χ4n) is 4.71. The third-order valence-corrected chi connectivity index (χ3v) is 5.20. The molecule has 4 saturated carbocycles. The second kappa shape index (κ2) is 3.84. The topological polar surface area (TPSA) is 26.1 Å². The van der Waals surface area contributed by atoms with Gasteiger partial charge in [-0.05, 0) is 43.9 Å². The molecule has 0 N–H and O–H groups in total. The third-order valence-electron chi connectivity index (χ3n) is 5.20. The van der Waals surface area contributed by atoms with E-state index in [1.807, 2.05) is 30.3 Å². The lowest BCUT2D eigenvalue weighted by Crippen LogP contribution is -2.47. The van der Waals surface area contributed by atoms with Gasteiger partial charge in [-0.25, -0.2) is 0 Å². The van der Waals surface area contributed by atoms with Gasteiger partial charge in [0.15, 0.2) is 5.71 Å². The maximum Gasteiger partial charge on any atom is 0.216 e. The predicted molar refractivity (Wildman–Crippen MR) is 71.8 cm³/mol. The molecule has 0 aliphatic heterocycles. The Bertz CT molecular complexity index is 461. The minimum absolute atomic E-state index is 0.582. The summed E-state index contributed by atoms with van der Waals surface area (Å²) < 4.78 is 1.26. The first kappa shape index (κ1) is 10.6. The Labute approximate surface area is 108 Å². The Hall–Kier alpha value is -1.31. The molecule has 0 heterocycles. The van der Waals surface area contributed by atoms with Gasteiger partial charge in [-0.3, -0.25) is 0 Å². The molecule has 2 heteroatoms. The lowest BCUT2D eigenvalue weighted by molar-refractivity contribution is -0.371. The lowest BCUT2D eigenvalue weighted by Gasteiger charge is -2.48. The van der Waals surface area contributed by atoms with Crippen LogP contribution in [0.15, 0.2) is 30.3 Å². The highest BCUT2D eigenvalue weighted by Crippen LogP contribution is 2.52. The Balaban J connectivity index is 1.76. The highest BCUT2D eigenvalue weighted by atomic mass is 16.5. The van der Waals surface area contributed by atoms with Crippen molar-refractivity contribution < 1.29 is 4.74 Å². The van der Waals surface area contributed by atoms with Crippen LogP contribution in [-0.4, -0.2) is 10.5 Å². The van der Waals surface area contributed by atoms with Crippen LogP contribution in [0.4, 0.5) is 5.69 Å². The first-order chi connectivity index (χ1) is 8.81. The van der Waals surface area contributed by atoms with Crippen LogP contribution < -0.4 is 0 Å². The van der Waals surface area contributed by atoms with Crippen molar-refractivity contribution in [1.82, 2.24) is 0 Å². The normalized spacial score (nSPS) is 37.0. The average Bonchev–Trinajstić information content (AvgIpc) is 2.38. The molecule has 0 aromatic heterocycles. The highest BCUT2D eigenvalue weighted by Gasteiger charge is 2.50. The van der Waals surface area contributed by atoms with Crippen LogP contribution in [0.3, 0.4) is 0 Å². The molecule has 1 aromatic carbocycles. The molecule has 2 nitrogen and oxygen atoms in total. The van der Waals surface area contributed by atoms with E-state index in [0.29, 0.717) is 11.8 Å². The molecule has 4 aliphatic carbocycles. The molecule has 1 aromatic rings. The van der Waals surface area contributed by atoms with Crippen LogP contribution in [0.5, 0.6) is 0 Å².